The highest BCUT2D eigenvalue weighted by Crippen LogP contribution is 2.28. The molecule has 2 amide bonds. The molecule has 0 heterocycles. The van der Waals surface area contributed by atoms with Crippen LogP contribution in [0.4, 0.5) is 5.69 Å². The molecule has 0 saturated carbocycles. The fraction of sp³-hybridized carbons (Fsp3) is 0.297. The highest BCUT2D eigenvalue weighted by atomic mass is 32.2. The number of benzene rings is 4. The maximum absolute atomic E-state index is 14.6. The molecule has 0 bridgehead atoms. The molecule has 0 aliphatic rings. The topological polar surface area (TPSA) is 86.8 Å². The van der Waals surface area contributed by atoms with Gasteiger partial charge in [0, 0.05) is 19.5 Å². The van der Waals surface area contributed by atoms with Crippen molar-refractivity contribution in [2.24, 2.45) is 5.92 Å². The first-order valence-electron chi connectivity index (χ1n) is 15.4. The number of carbonyl (C=O) groups excluding carboxylic acids is 2. The number of hydrogen-bond acceptors (Lipinski definition) is 4. The summed E-state index contributed by atoms with van der Waals surface area (Å²) in [6, 6.07) is 31.8. The van der Waals surface area contributed by atoms with Crippen molar-refractivity contribution in [3.63, 3.8) is 0 Å². The van der Waals surface area contributed by atoms with Gasteiger partial charge in [-0.05, 0) is 59.7 Å². The second-order valence-corrected chi connectivity index (χ2v) is 13.5. The molecule has 45 heavy (non-hydrogen) atoms. The summed E-state index contributed by atoms with van der Waals surface area (Å²) in [6.45, 7) is 8.07. The maximum Gasteiger partial charge on any atom is 0.264 e. The number of rotatable bonds is 14. The van der Waals surface area contributed by atoms with Crippen molar-refractivity contribution >= 4 is 27.5 Å². The lowest BCUT2D eigenvalue weighted by Gasteiger charge is -2.34. The summed E-state index contributed by atoms with van der Waals surface area (Å²) in [5, 5.41) is 3.03. The van der Waals surface area contributed by atoms with E-state index in [0.717, 1.165) is 22.3 Å². The minimum absolute atomic E-state index is 0.0877. The van der Waals surface area contributed by atoms with E-state index >= 15 is 0 Å². The summed E-state index contributed by atoms with van der Waals surface area (Å²) < 4.78 is 29.6. The average molecular weight is 626 g/mol. The van der Waals surface area contributed by atoms with Gasteiger partial charge in [-0.3, -0.25) is 13.9 Å². The van der Waals surface area contributed by atoms with Crippen LogP contribution >= 0.6 is 0 Å². The van der Waals surface area contributed by atoms with Gasteiger partial charge in [-0.15, -0.1) is 0 Å². The molecule has 1 N–H and O–H groups in total. The lowest BCUT2D eigenvalue weighted by atomic mass is 10.0. The van der Waals surface area contributed by atoms with Crippen LogP contribution in [0.1, 0.15) is 43.0 Å². The Kier molecular flexibility index (Phi) is 11.5. The number of sulfonamides is 1. The van der Waals surface area contributed by atoms with Crippen LogP contribution in [0.15, 0.2) is 114 Å². The molecule has 7 nitrogen and oxygen atoms in total. The molecule has 1 atom stereocenters. The molecule has 0 aliphatic heterocycles. The largest absolute Gasteiger partial charge is 0.354 e. The summed E-state index contributed by atoms with van der Waals surface area (Å²) in [4.78, 5) is 30.2. The number of anilines is 1. The molecule has 0 aromatic heterocycles. The minimum Gasteiger partial charge on any atom is -0.354 e. The van der Waals surface area contributed by atoms with Crippen LogP contribution in [0.25, 0.3) is 0 Å². The van der Waals surface area contributed by atoms with Crippen LogP contribution in [-0.4, -0.2) is 44.3 Å². The predicted molar refractivity (Wildman–Crippen MR) is 180 cm³/mol. The molecular formula is C37H43N3O4S. The van der Waals surface area contributed by atoms with Crippen molar-refractivity contribution in [3.05, 3.63) is 131 Å². The van der Waals surface area contributed by atoms with Crippen molar-refractivity contribution < 1.29 is 18.0 Å². The van der Waals surface area contributed by atoms with Crippen molar-refractivity contribution in [2.45, 2.75) is 58.0 Å². The van der Waals surface area contributed by atoms with Crippen LogP contribution in [0.3, 0.4) is 0 Å². The van der Waals surface area contributed by atoms with E-state index in [9.17, 15) is 18.0 Å². The Bertz CT molecular complexity index is 1670. The number of aryl methyl sites for hydroxylation is 2. The zero-order valence-corrected chi connectivity index (χ0v) is 27.3. The number of para-hydroxylation sites is 1. The highest BCUT2D eigenvalue weighted by molar-refractivity contribution is 7.92. The van der Waals surface area contributed by atoms with E-state index in [1.165, 1.54) is 16.4 Å². The SMILES string of the molecule is CCc1ccccc1N(CC(=O)N(Cc1ccccc1C)[C@H](Cc1ccccc1)C(=O)NCC(C)C)S(=O)(=O)c1ccccc1. The van der Waals surface area contributed by atoms with Gasteiger partial charge in [0.2, 0.25) is 11.8 Å². The first-order chi connectivity index (χ1) is 21.6. The van der Waals surface area contributed by atoms with Crippen molar-refractivity contribution in [1.82, 2.24) is 10.2 Å². The molecule has 4 rings (SSSR count). The van der Waals surface area contributed by atoms with E-state index in [1.54, 1.807) is 35.2 Å². The van der Waals surface area contributed by atoms with E-state index in [-0.39, 0.29) is 29.7 Å². The van der Waals surface area contributed by atoms with Crippen LogP contribution in [0.5, 0.6) is 0 Å². The molecule has 0 fully saturated rings. The molecule has 236 valence electrons. The molecule has 0 radical (unpaired) electrons. The van der Waals surface area contributed by atoms with Gasteiger partial charge >= 0.3 is 0 Å². The number of nitrogens with one attached hydrogen (secondary N) is 1. The molecule has 0 unspecified atom stereocenters. The Morgan fingerprint density at radius 3 is 1.98 bits per heavy atom. The Hall–Kier alpha value is -4.43. The Balaban J connectivity index is 1.83. The third-order valence-electron chi connectivity index (χ3n) is 7.81. The van der Waals surface area contributed by atoms with E-state index in [4.69, 9.17) is 0 Å². The fourth-order valence-corrected chi connectivity index (χ4v) is 6.71. The summed E-state index contributed by atoms with van der Waals surface area (Å²) in [5.74, 6) is -0.533. The molecule has 8 heteroatoms. The van der Waals surface area contributed by atoms with Gasteiger partial charge in [0.15, 0.2) is 0 Å². The van der Waals surface area contributed by atoms with Crippen LogP contribution in [0, 0.1) is 12.8 Å². The number of nitrogens with zero attached hydrogens (tertiary/aromatic N) is 2. The third kappa shape index (κ3) is 8.60. The second-order valence-electron chi connectivity index (χ2n) is 11.6. The summed E-state index contributed by atoms with van der Waals surface area (Å²) in [5.41, 5.74) is 3.99. The third-order valence-corrected chi connectivity index (χ3v) is 9.58. The Labute approximate surface area is 268 Å². The van der Waals surface area contributed by atoms with E-state index in [1.807, 2.05) is 94.4 Å². The van der Waals surface area contributed by atoms with Gasteiger partial charge < -0.3 is 10.2 Å². The van der Waals surface area contributed by atoms with Crippen LogP contribution in [-0.2, 0) is 39.0 Å². The zero-order valence-electron chi connectivity index (χ0n) is 26.5. The summed E-state index contributed by atoms with van der Waals surface area (Å²) in [7, 11) is -4.14. The van der Waals surface area contributed by atoms with Gasteiger partial charge in [-0.1, -0.05) is 112 Å². The van der Waals surface area contributed by atoms with Crippen molar-refractivity contribution in [3.8, 4) is 0 Å². The number of carbonyl (C=O) groups is 2. The standard InChI is InChI=1S/C37H43N3O4S/c1-5-31-19-14-15-23-34(31)40(45(43,44)33-21-10-7-11-22-33)27-36(41)39(26-32-20-13-12-16-29(32)4)35(37(42)38-25-28(2)3)24-30-17-8-6-9-18-30/h6-23,28,35H,5,24-27H2,1-4H3,(H,38,42)/t35-/m1/s1. The zero-order chi connectivity index (χ0) is 32.4. The predicted octanol–water partition coefficient (Wildman–Crippen LogP) is 6.17. The summed E-state index contributed by atoms with van der Waals surface area (Å²) in [6.07, 6.45) is 0.853. The minimum atomic E-state index is -4.14. The van der Waals surface area contributed by atoms with Crippen LogP contribution in [0.2, 0.25) is 0 Å². The molecule has 0 aliphatic carbocycles. The number of amides is 2. The Morgan fingerprint density at radius 1 is 0.778 bits per heavy atom. The quantitative estimate of drug-likeness (QED) is 0.182. The van der Waals surface area contributed by atoms with Gasteiger partial charge in [0.25, 0.3) is 10.0 Å². The smallest absolute Gasteiger partial charge is 0.264 e. The van der Waals surface area contributed by atoms with E-state index < -0.39 is 28.5 Å². The highest BCUT2D eigenvalue weighted by Gasteiger charge is 2.35. The first-order valence-corrected chi connectivity index (χ1v) is 16.9. The second kappa shape index (κ2) is 15.5. The molecule has 0 saturated heterocycles. The molecule has 4 aromatic carbocycles. The molecule has 0 spiro atoms. The van der Waals surface area contributed by atoms with Crippen molar-refractivity contribution in [2.75, 3.05) is 17.4 Å². The van der Waals surface area contributed by atoms with Gasteiger partial charge in [0.05, 0.1) is 10.6 Å². The van der Waals surface area contributed by atoms with Gasteiger partial charge in [0.1, 0.15) is 12.6 Å². The maximum atomic E-state index is 14.6. The molecular weight excluding hydrogens is 582 g/mol. The van der Waals surface area contributed by atoms with Gasteiger partial charge in [-0.25, -0.2) is 8.42 Å². The first kappa shape index (κ1) is 33.5. The van der Waals surface area contributed by atoms with E-state index in [0.29, 0.717) is 18.7 Å². The Morgan fingerprint density at radius 2 is 1.36 bits per heavy atom. The fourth-order valence-electron chi connectivity index (χ4n) is 5.23. The lowest BCUT2D eigenvalue weighted by molar-refractivity contribution is -0.140. The summed E-state index contributed by atoms with van der Waals surface area (Å²) >= 11 is 0. The van der Waals surface area contributed by atoms with Gasteiger partial charge in [-0.2, -0.15) is 0 Å². The van der Waals surface area contributed by atoms with Crippen molar-refractivity contribution in [1.29, 1.82) is 0 Å². The van der Waals surface area contributed by atoms with E-state index in [2.05, 4.69) is 5.32 Å². The monoisotopic (exact) mass is 625 g/mol. The molecule has 4 aromatic rings. The average Bonchev–Trinajstić information content (AvgIpc) is 3.05. The van der Waals surface area contributed by atoms with Crippen LogP contribution < -0.4 is 9.62 Å². The lowest BCUT2D eigenvalue weighted by Crippen LogP contribution is -2.54. The normalized spacial score (nSPS) is 12.0. The number of hydrogen-bond donors (Lipinski definition) is 1.